The van der Waals surface area contributed by atoms with Crippen LogP contribution in [0.1, 0.15) is 38.3 Å². The molecule has 2 aromatic rings. The van der Waals surface area contributed by atoms with E-state index in [2.05, 4.69) is 5.32 Å². The molecule has 0 radical (unpaired) electrons. The highest BCUT2D eigenvalue weighted by Crippen LogP contribution is 2.30. The number of carbonyl (C=O) groups is 2. The second kappa shape index (κ2) is 8.74. The van der Waals surface area contributed by atoms with E-state index in [1.165, 1.54) is 24.8 Å². The third-order valence-electron chi connectivity index (χ3n) is 4.94. The Hall–Kier alpha value is -3.07. The van der Waals surface area contributed by atoms with Crippen molar-refractivity contribution in [2.24, 2.45) is 0 Å². The molecule has 3 rings (SSSR count). The Bertz CT molecular complexity index is 1080. The average Bonchev–Trinajstić information content (AvgIpc) is 2.75. The zero-order chi connectivity index (χ0) is 21.9. The van der Waals surface area contributed by atoms with Crippen molar-refractivity contribution >= 4 is 27.6 Å². The van der Waals surface area contributed by atoms with E-state index in [0.29, 0.717) is 42.0 Å². The number of sulfonamides is 1. The Kier molecular flexibility index (Phi) is 6.31. The lowest BCUT2D eigenvalue weighted by Crippen LogP contribution is -2.34. The summed E-state index contributed by atoms with van der Waals surface area (Å²) in [6, 6.07) is 10.0. The number of benzene rings is 2. The quantitative estimate of drug-likeness (QED) is 0.702. The van der Waals surface area contributed by atoms with Gasteiger partial charge in [-0.15, -0.1) is 0 Å². The van der Waals surface area contributed by atoms with E-state index in [-0.39, 0.29) is 18.0 Å². The molecule has 30 heavy (non-hydrogen) atoms. The minimum absolute atomic E-state index is 0.208. The molecule has 0 spiro atoms. The van der Waals surface area contributed by atoms with Crippen LogP contribution in [0.15, 0.2) is 36.4 Å². The lowest BCUT2D eigenvalue weighted by Gasteiger charge is -2.29. The fourth-order valence-corrected chi connectivity index (χ4v) is 4.46. The smallest absolute Gasteiger partial charge is 0.341 e. The summed E-state index contributed by atoms with van der Waals surface area (Å²) in [5.74, 6) is -0.420. The Morgan fingerprint density at radius 3 is 2.57 bits per heavy atom. The van der Waals surface area contributed by atoms with Crippen molar-refractivity contribution in [1.29, 1.82) is 0 Å². The van der Waals surface area contributed by atoms with Gasteiger partial charge in [0.2, 0.25) is 10.0 Å². The van der Waals surface area contributed by atoms with E-state index in [9.17, 15) is 18.0 Å². The van der Waals surface area contributed by atoms with Gasteiger partial charge in [0, 0.05) is 18.7 Å². The molecular weight excluding hydrogens is 408 g/mol. The normalized spacial score (nSPS) is 13.4. The van der Waals surface area contributed by atoms with Crippen LogP contribution in [0.3, 0.4) is 0 Å². The van der Waals surface area contributed by atoms with Crippen LogP contribution in [0.25, 0.3) is 0 Å². The topological polar surface area (TPSA) is 102 Å². The number of nitrogens with one attached hydrogen (secondary N) is 1. The van der Waals surface area contributed by atoms with Gasteiger partial charge in [-0.3, -0.25) is 9.10 Å². The molecule has 2 aromatic carbocycles. The lowest BCUT2D eigenvalue weighted by atomic mass is 10.0. The SMILES string of the molecule is COC(=O)c1cc(CNC(=O)c2ccc3c(c2)CCCN3S(C)(=O)=O)ccc1OC. The number of rotatable bonds is 6. The van der Waals surface area contributed by atoms with E-state index in [1.807, 2.05) is 0 Å². The third-order valence-corrected chi connectivity index (χ3v) is 6.12. The number of esters is 1. The monoisotopic (exact) mass is 432 g/mol. The average molecular weight is 432 g/mol. The zero-order valence-electron chi connectivity index (χ0n) is 17.1. The largest absolute Gasteiger partial charge is 0.496 e. The zero-order valence-corrected chi connectivity index (χ0v) is 17.9. The molecule has 160 valence electrons. The molecule has 8 nitrogen and oxygen atoms in total. The molecular formula is C21H24N2O6S. The number of fused-ring (bicyclic) bond motifs is 1. The maximum absolute atomic E-state index is 12.6. The number of anilines is 1. The van der Waals surface area contributed by atoms with Crippen LogP contribution in [0.4, 0.5) is 5.69 Å². The summed E-state index contributed by atoms with van der Waals surface area (Å²) in [5, 5.41) is 2.82. The van der Waals surface area contributed by atoms with Crippen molar-refractivity contribution in [1.82, 2.24) is 5.32 Å². The Morgan fingerprint density at radius 1 is 1.13 bits per heavy atom. The second-order valence-electron chi connectivity index (χ2n) is 6.99. The van der Waals surface area contributed by atoms with Gasteiger partial charge in [0.1, 0.15) is 11.3 Å². The van der Waals surface area contributed by atoms with Crippen molar-refractivity contribution in [3.8, 4) is 5.75 Å². The fourth-order valence-electron chi connectivity index (χ4n) is 3.47. The van der Waals surface area contributed by atoms with E-state index in [1.54, 1.807) is 36.4 Å². The van der Waals surface area contributed by atoms with Crippen molar-refractivity contribution in [3.63, 3.8) is 0 Å². The van der Waals surface area contributed by atoms with Gasteiger partial charge < -0.3 is 14.8 Å². The minimum Gasteiger partial charge on any atom is -0.496 e. The molecule has 0 aliphatic carbocycles. The molecule has 0 aromatic heterocycles. The van der Waals surface area contributed by atoms with Gasteiger partial charge >= 0.3 is 5.97 Å². The van der Waals surface area contributed by atoms with Crippen LogP contribution in [0.2, 0.25) is 0 Å². The summed E-state index contributed by atoms with van der Waals surface area (Å²) in [5.41, 5.74) is 2.90. The van der Waals surface area contributed by atoms with E-state index in [4.69, 9.17) is 9.47 Å². The summed E-state index contributed by atoms with van der Waals surface area (Å²) < 4.78 is 35.3. The summed E-state index contributed by atoms with van der Waals surface area (Å²) in [4.78, 5) is 24.5. The first kappa shape index (κ1) is 21.6. The molecule has 0 unspecified atom stereocenters. The van der Waals surface area contributed by atoms with Crippen molar-refractivity contribution < 1.29 is 27.5 Å². The number of amides is 1. The standard InChI is InChI=1S/C21H24N2O6S/c1-28-19-9-6-14(11-17(19)21(25)29-2)13-22-20(24)16-7-8-18-15(12-16)5-4-10-23(18)30(3,26)27/h6-9,11-12H,4-5,10,13H2,1-3H3,(H,22,24). The first-order chi connectivity index (χ1) is 14.2. The van der Waals surface area contributed by atoms with Gasteiger partial charge in [-0.1, -0.05) is 6.07 Å². The van der Waals surface area contributed by atoms with Gasteiger partial charge in [0.05, 0.1) is 26.2 Å². The van der Waals surface area contributed by atoms with Crippen LogP contribution in [0, 0.1) is 0 Å². The predicted molar refractivity (Wildman–Crippen MR) is 112 cm³/mol. The number of hydrogen-bond donors (Lipinski definition) is 1. The molecule has 0 saturated heterocycles. The molecule has 1 amide bonds. The van der Waals surface area contributed by atoms with Crippen LogP contribution < -0.4 is 14.4 Å². The molecule has 0 bridgehead atoms. The van der Waals surface area contributed by atoms with E-state index in [0.717, 1.165) is 5.56 Å². The first-order valence-electron chi connectivity index (χ1n) is 9.38. The Labute approximate surface area is 175 Å². The van der Waals surface area contributed by atoms with Gasteiger partial charge in [0.15, 0.2) is 0 Å². The van der Waals surface area contributed by atoms with Crippen LogP contribution >= 0.6 is 0 Å². The van der Waals surface area contributed by atoms with Crippen molar-refractivity contribution in [2.75, 3.05) is 31.3 Å². The highest BCUT2D eigenvalue weighted by atomic mass is 32.2. The van der Waals surface area contributed by atoms with Gasteiger partial charge in [-0.25, -0.2) is 13.2 Å². The maximum atomic E-state index is 12.6. The number of nitrogens with zero attached hydrogens (tertiary/aromatic N) is 1. The molecule has 9 heteroatoms. The summed E-state index contributed by atoms with van der Waals surface area (Å²) >= 11 is 0. The number of carbonyl (C=O) groups excluding carboxylic acids is 2. The molecule has 0 atom stereocenters. The van der Waals surface area contributed by atoms with Crippen LogP contribution in [-0.4, -0.2) is 47.3 Å². The third kappa shape index (κ3) is 4.56. The highest BCUT2D eigenvalue weighted by Gasteiger charge is 2.24. The molecule has 1 aliphatic rings. The highest BCUT2D eigenvalue weighted by molar-refractivity contribution is 7.92. The number of hydrogen-bond acceptors (Lipinski definition) is 6. The molecule has 0 fully saturated rings. The van der Waals surface area contributed by atoms with Gasteiger partial charge in [-0.05, 0) is 54.3 Å². The predicted octanol–water partition coefficient (Wildman–Crippen LogP) is 2.12. The van der Waals surface area contributed by atoms with E-state index < -0.39 is 16.0 Å². The summed E-state index contributed by atoms with van der Waals surface area (Å²) in [6.07, 6.45) is 2.59. The number of ether oxygens (including phenoxy) is 2. The van der Waals surface area contributed by atoms with Crippen LogP contribution in [-0.2, 0) is 27.7 Å². The molecule has 1 aliphatic heterocycles. The minimum atomic E-state index is -3.35. The lowest BCUT2D eigenvalue weighted by molar-refractivity contribution is 0.0597. The molecule has 0 saturated carbocycles. The maximum Gasteiger partial charge on any atom is 0.341 e. The molecule has 1 heterocycles. The number of methoxy groups -OCH3 is 2. The van der Waals surface area contributed by atoms with Gasteiger partial charge in [-0.2, -0.15) is 0 Å². The fraction of sp³-hybridized carbons (Fsp3) is 0.333. The number of aryl methyl sites for hydroxylation is 1. The van der Waals surface area contributed by atoms with Gasteiger partial charge in [0.25, 0.3) is 5.91 Å². The van der Waals surface area contributed by atoms with Crippen molar-refractivity contribution in [3.05, 3.63) is 58.7 Å². The van der Waals surface area contributed by atoms with E-state index >= 15 is 0 Å². The summed E-state index contributed by atoms with van der Waals surface area (Å²) in [7, 11) is -0.602. The Morgan fingerprint density at radius 2 is 1.90 bits per heavy atom. The summed E-state index contributed by atoms with van der Waals surface area (Å²) in [6.45, 7) is 0.650. The second-order valence-corrected chi connectivity index (χ2v) is 8.90. The van der Waals surface area contributed by atoms with Crippen LogP contribution in [0.5, 0.6) is 5.75 Å². The Balaban J connectivity index is 1.75. The first-order valence-corrected chi connectivity index (χ1v) is 11.2. The van der Waals surface area contributed by atoms with Crippen molar-refractivity contribution in [2.45, 2.75) is 19.4 Å². The molecule has 1 N–H and O–H groups in total.